The Morgan fingerprint density at radius 3 is 2.64 bits per heavy atom. The van der Waals surface area contributed by atoms with Gasteiger partial charge in [0, 0.05) is 38.6 Å². The second kappa shape index (κ2) is 7.18. The van der Waals surface area contributed by atoms with Gasteiger partial charge in [0.05, 0.1) is 12.1 Å². The second-order valence-corrected chi connectivity index (χ2v) is 6.12. The summed E-state index contributed by atoms with van der Waals surface area (Å²) in [6, 6.07) is 4.97. The van der Waals surface area contributed by atoms with Crippen molar-refractivity contribution >= 4 is 5.91 Å². The number of benzene rings is 1. The number of carbonyl (C=O) groups excluding carboxylic acids is 1. The number of imidazole rings is 1. The molecule has 0 saturated carbocycles. The average Bonchev–Trinajstić information content (AvgIpc) is 3.03. The molecule has 0 radical (unpaired) electrons. The highest BCUT2D eigenvalue weighted by Crippen LogP contribution is 2.21. The molecule has 134 valence electrons. The van der Waals surface area contributed by atoms with E-state index in [1.165, 1.54) is 12.4 Å². The summed E-state index contributed by atoms with van der Waals surface area (Å²) in [5, 5.41) is 9.96. The number of aromatic hydroxyl groups is 1. The Hall–Kier alpha value is -2.48. The summed E-state index contributed by atoms with van der Waals surface area (Å²) in [5.41, 5.74) is 1.17. The summed E-state index contributed by atoms with van der Waals surface area (Å²) in [6.45, 7) is 1.63. The third kappa shape index (κ3) is 3.79. The van der Waals surface area contributed by atoms with E-state index in [2.05, 4.69) is 4.98 Å². The minimum atomic E-state index is -2.61. The van der Waals surface area contributed by atoms with Crippen LogP contribution in [0.4, 0.5) is 8.78 Å². The Morgan fingerprint density at radius 1 is 1.28 bits per heavy atom. The van der Waals surface area contributed by atoms with Crippen molar-refractivity contribution < 1.29 is 18.7 Å². The van der Waals surface area contributed by atoms with Gasteiger partial charge in [0.15, 0.2) is 0 Å². The van der Waals surface area contributed by atoms with Crippen molar-refractivity contribution in [2.75, 3.05) is 26.2 Å². The number of phenols is 1. The lowest BCUT2D eigenvalue weighted by Gasteiger charge is -2.34. The van der Waals surface area contributed by atoms with Gasteiger partial charge >= 0.3 is 6.55 Å². The SMILES string of the molecule is Cc1ccc(C(=O)N2CCN(Cc3nccn3C(F)F)CC2)c(O)c1. The van der Waals surface area contributed by atoms with Crippen molar-refractivity contribution in [3.05, 3.63) is 47.5 Å². The lowest BCUT2D eigenvalue weighted by Crippen LogP contribution is -2.48. The van der Waals surface area contributed by atoms with Gasteiger partial charge in [-0.1, -0.05) is 6.07 Å². The van der Waals surface area contributed by atoms with Crippen LogP contribution in [0.1, 0.15) is 28.3 Å². The number of hydrogen-bond donors (Lipinski definition) is 1. The van der Waals surface area contributed by atoms with Gasteiger partial charge in [-0.15, -0.1) is 0 Å². The average molecular weight is 350 g/mol. The summed E-state index contributed by atoms with van der Waals surface area (Å²) in [5.74, 6) is 0.0728. The first-order valence-corrected chi connectivity index (χ1v) is 8.07. The molecule has 2 aromatic rings. The predicted octanol–water partition coefficient (Wildman–Crippen LogP) is 2.25. The van der Waals surface area contributed by atoms with Gasteiger partial charge in [0.1, 0.15) is 11.6 Å². The Bertz CT molecular complexity index is 755. The first-order valence-electron chi connectivity index (χ1n) is 8.07. The Kier molecular flexibility index (Phi) is 4.98. The molecule has 1 amide bonds. The van der Waals surface area contributed by atoms with Crippen LogP contribution in [-0.4, -0.2) is 56.5 Å². The van der Waals surface area contributed by atoms with Gasteiger partial charge in [-0.25, -0.2) is 4.98 Å². The number of carbonyl (C=O) groups is 1. The molecule has 25 heavy (non-hydrogen) atoms. The Morgan fingerprint density at radius 2 is 2.00 bits per heavy atom. The molecule has 3 rings (SSSR count). The van der Waals surface area contributed by atoms with E-state index in [-0.39, 0.29) is 17.2 Å². The molecule has 2 heterocycles. The van der Waals surface area contributed by atoms with E-state index < -0.39 is 6.55 Å². The summed E-state index contributed by atoms with van der Waals surface area (Å²) in [4.78, 5) is 20.2. The maximum absolute atomic E-state index is 12.9. The number of aryl methyl sites for hydroxylation is 1. The van der Waals surface area contributed by atoms with E-state index in [1.807, 2.05) is 11.8 Å². The largest absolute Gasteiger partial charge is 0.507 e. The van der Waals surface area contributed by atoms with E-state index in [0.717, 1.165) is 10.1 Å². The van der Waals surface area contributed by atoms with Crippen LogP contribution in [0.5, 0.6) is 5.75 Å². The smallest absolute Gasteiger partial charge is 0.319 e. The number of rotatable bonds is 4. The minimum Gasteiger partial charge on any atom is -0.507 e. The predicted molar refractivity (Wildman–Crippen MR) is 87.5 cm³/mol. The summed E-state index contributed by atoms with van der Waals surface area (Å²) < 4.78 is 26.6. The number of aromatic nitrogens is 2. The molecule has 1 aromatic carbocycles. The zero-order valence-electron chi connectivity index (χ0n) is 13.9. The van der Waals surface area contributed by atoms with Crippen LogP contribution in [0.25, 0.3) is 0 Å². The number of alkyl halides is 2. The maximum Gasteiger partial charge on any atom is 0.319 e. The molecule has 6 nitrogen and oxygen atoms in total. The summed E-state index contributed by atoms with van der Waals surface area (Å²) in [6.07, 6.45) is 2.63. The maximum atomic E-state index is 12.9. The van der Waals surface area contributed by atoms with Crippen molar-refractivity contribution in [2.24, 2.45) is 0 Å². The van der Waals surface area contributed by atoms with E-state index in [4.69, 9.17) is 0 Å². The number of nitrogens with zero attached hydrogens (tertiary/aromatic N) is 4. The number of amides is 1. The molecule has 8 heteroatoms. The zero-order valence-corrected chi connectivity index (χ0v) is 13.9. The number of hydrogen-bond acceptors (Lipinski definition) is 4. The van der Waals surface area contributed by atoms with Crippen molar-refractivity contribution in [3.63, 3.8) is 0 Å². The highest BCUT2D eigenvalue weighted by atomic mass is 19.3. The quantitative estimate of drug-likeness (QED) is 0.919. The van der Waals surface area contributed by atoms with Crippen molar-refractivity contribution in [1.82, 2.24) is 19.4 Å². The molecule has 1 aromatic heterocycles. The van der Waals surface area contributed by atoms with E-state index in [1.54, 1.807) is 23.1 Å². The van der Waals surface area contributed by atoms with Crippen LogP contribution >= 0.6 is 0 Å². The van der Waals surface area contributed by atoms with Crippen molar-refractivity contribution in [2.45, 2.75) is 20.0 Å². The lowest BCUT2D eigenvalue weighted by atomic mass is 10.1. The molecular weight excluding hydrogens is 330 g/mol. The Balaban J connectivity index is 1.60. The fraction of sp³-hybridized carbons (Fsp3) is 0.412. The van der Waals surface area contributed by atoms with E-state index >= 15 is 0 Å². The highest BCUT2D eigenvalue weighted by Gasteiger charge is 2.25. The standard InChI is InChI=1S/C17H20F2N4O2/c1-12-2-3-13(14(24)10-12)16(25)22-8-6-21(7-9-22)11-15-20-4-5-23(15)17(18)19/h2-5,10,17,24H,6-9,11H2,1H3. The van der Waals surface area contributed by atoms with Crippen molar-refractivity contribution in [3.8, 4) is 5.75 Å². The molecule has 1 saturated heterocycles. The molecule has 0 atom stereocenters. The molecule has 1 aliphatic rings. The normalized spacial score (nSPS) is 15.8. The minimum absolute atomic E-state index is 0.0219. The van der Waals surface area contributed by atoms with Gasteiger partial charge in [-0.3, -0.25) is 14.3 Å². The van der Waals surface area contributed by atoms with Crippen LogP contribution in [0.15, 0.2) is 30.6 Å². The van der Waals surface area contributed by atoms with Crippen LogP contribution in [-0.2, 0) is 6.54 Å². The molecule has 1 aliphatic heterocycles. The molecule has 0 bridgehead atoms. The van der Waals surface area contributed by atoms with Gasteiger partial charge in [-0.2, -0.15) is 8.78 Å². The number of piperazine rings is 1. The topological polar surface area (TPSA) is 61.6 Å². The van der Waals surface area contributed by atoms with E-state index in [0.29, 0.717) is 38.5 Å². The van der Waals surface area contributed by atoms with Crippen LogP contribution in [0.3, 0.4) is 0 Å². The zero-order chi connectivity index (χ0) is 18.0. The van der Waals surface area contributed by atoms with Gasteiger partial charge < -0.3 is 10.0 Å². The third-order valence-corrected chi connectivity index (χ3v) is 4.37. The molecule has 0 spiro atoms. The monoisotopic (exact) mass is 350 g/mol. The summed E-state index contributed by atoms with van der Waals surface area (Å²) >= 11 is 0. The molecular formula is C17H20F2N4O2. The van der Waals surface area contributed by atoms with E-state index in [9.17, 15) is 18.7 Å². The highest BCUT2D eigenvalue weighted by molar-refractivity contribution is 5.97. The first kappa shape index (κ1) is 17.3. The van der Waals surface area contributed by atoms with Gasteiger partial charge in [0.2, 0.25) is 0 Å². The molecule has 1 fully saturated rings. The Labute approximate surface area is 144 Å². The molecule has 0 aliphatic carbocycles. The van der Waals surface area contributed by atoms with Crippen molar-refractivity contribution in [1.29, 1.82) is 0 Å². The van der Waals surface area contributed by atoms with Crippen LogP contribution in [0, 0.1) is 6.92 Å². The third-order valence-electron chi connectivity index (χ3n) is 4.37. The molecule has 1 N–H and O–H groups in total. The second-order valence-electron chi connectivity index (χ2n) is 6.12. The lowest BCUT2D eigenvalue weighted by molar-refractivity contribution is 0.0554. The first-order chi connectivity index (χ1) is 12.0. The molecule has 0 unspecified atom stereocenters. The number of halogens is 2. The fourth-order valence-corrected chi connectivity index (χ4v) is 2.95. The van der Waals surface area contributed by atoms with Crippen LogP contribution in [0.2, 0.25) is 0 Å². The van der Waals surface area contributed by atoms with Gasteiger partial charge in [-0.05, 0) is 24.6 Å². The van der Waals surface area contributed by atoms with Crippen LogP contribution < -0.4 is 0 Å². The summed E-state index contributed by atoms with van der Waals surface area (Å²) in [7, 11) is 0. The number of phenolic OH excluding ortho intramolecular Hbond substituents is 1. The fourth-order valence-electron chi connectivity index (χ4n) is 2.95. The van der Waals surface area contributed by atoms with Gasteiger partial charge in [0.25, 0.3) is 5.91 Å².